The van der Waals surface area contributed by atoms with Crippen molar-refractivity contribution in [1.29, 1.82) is 0 Å². The van der Waals surface area contributed by atoms with Crippen molar-refractivity contribution in [1.82, 2.24) is 9.38 Å². The fourth-order valence-corrected chi connectivity index (χ4v) is 3.46. The summed E-state index contributed by atoms with van der Waals surface area (Å²) < 4.78 is 8.93. The molecule has 0 radical (unpaired) electrons. The molecule has 6 heteroatoms. The molecule has 0 amide bonds. The van der Waals surface area contributed by atoms with E-state index in [1.807, 2.05) is 41.2 Å². The molecule has 0 bridgehead atoms. The average Bonchev–Trinajstić information content (AvgIpc) is 2.98. The molecular formula is C15H16BrN3OS. The molecular weight excluding hydrogens is 350 g/mol. The number of hydrogen-bond donors (Lipinski definition) is 1. The first-order valence-corrected chi connectivity index (χ1v) is 8.37. The summed E-state index contributed by atoms with van der Waals surface area (Å²) in [7, 11) is 0. The van der Waals surface area contributed by atoms with Crippen LogP contribution in [0.15, 0.2) is 40.4 Å². The fourth-order valence-electron chi connectivity index (χ4n) is 2.21. The third kappa shape index (κ3) is 3.28. The van der Waals surface area contributed by atoms with Gasteiger partial charge in [-0.05, 0) is 40.9 Å². The van der Waals surface area contributed by atoms with Crippen molar-refractivity contribution in [3.8, 4) is 5.75 Å². The molecule has 0 saturated carbocycles. The molecule has 3 rings (SSSR count). The molecule has 2 aromatic heterocycles. The summed E-state index contributed by atoms with van der Waals surface area (Å²) in [5, 5.41) is 2.02. The highest BCUT2D eigenvalue weighted by Gasteiger charge is 2.11. The Hall–Kier alpha value is -1.37. The van der Waals surface area contributed by atoms with Crippen molar-refractivity contribution in [2.75, 3.05) is 0 Å². The van der Waals surface area contributed by atoms with Gasteiger partial charge in [-0.25, -0.2) is 4.98 Å². The van der Waals surface area contributed by atoms with Crippen LogP contribution in [0.4, 0.5) is 0 Å². The Morgan fingerprint density at radius 2 is 2.33 bits per heavy atom. The van der Waals surface area contributed by atoms with Gasteiger partial charge in [0.2, 0.25) is 0 Å². The first-order valence-electron chi connectivity index (χ1n) is 6.70. The summed E-state index contributed by atoms with van der Waals surface area (Å²) in [5.74, 6) is 0.853. The third-order valence-corrected chi connectivity index (χ3v) is 4.49. The standard InChI is InChI=1S/C15H16BrN3OS/c1-10(17)7-11-3-2-4-13(16)14(11)20-9-12-8-19-5-6-21-15(19)18-12/h2-6,8,10H,7,9,17H2,1H3. The van der Waals surface area contributed by atoms with Crippen LogP contribution >= 0.6 is 27.3 Å². The lowest BCUT2D eigenvalue weighted by molar-refractivity contribution is 0.296. The maximum Gasteiger partial charge on any atom is 0.193 e. The Morgan fingerprint density at radius 3 is 3.10 bits per heavy atom. The average molecular weight is 366 g/mol. The minimum atomic E-state index is 0.0968. The number of thiazole rings is 1. The van der Waals surface area contributed by atoms with Gasteiger partial charge in [0, 0.05) is 23.8 Å². The van der Waals surface area contributed by atoms with Crippen molar-refractivity contribution in [2.24, 2.45) is 5.73 Å². The van der Waals surface area contributed by atoms with Gasteiger partial charge in [-0.3, -0.25) is 4.40 Å². The van der Waals surface area contributed by atoms with Gasteiger partial charge in [0.05, 0.1) is 10.2 Å². The van der Waals surface area contributed by atoms with Gasteiger partial charge in [0.1, 0.15) is 12.4 Å². The molecule has 4 nitrogen and oxygen atoms in total. The maximum atomic E-state index is 5.98. The quantitative estimate of drug-likeness (QED) is 0.750. The number of rotatable bonds is 5. The van der Waals surface area contributed by atoms with Crippen LogP contribution in [0.1, 0.15) is 18.2 Å². The van der Waals surface area contributed by atoms with Gasteiger partial charge in [-0.2, -0.15) is 0 Å². The van der Waals surface area contributed by atoms with E-state index in [0.29, 0.717) is 6.61 Å². The number of hydrogen-bond acceptors (Lipinski definition) is 4. The lowest BCUT2D eigenvalue weighted by Crippen LogP contribution is -2.18. The number of nitrogens with two attached hydrogens (primary N) is 1. The topological polar surface area (TPSA) is 52.5 Å². The molecule has 2 heterocycles. The molecule has 1 unspecified atom stereocenters. The molecule has 110 valence electrons. The highest BCUT2D eigenvalue weighted by Crippen LogP contribution is 2.30. The van der Waals surface area contributed by atoms with Gasteiger partial charge in [0.25, 0.3) is 0 Å². The largest absolute Gasteiger partial charge is 0.486 e. The van der Waals surface area contributed by atoms with E-state index in [4.69, 9.17) is 10.5 Å². The van der Waals surface area contributed by atoms with Crippen LogP contribution in [0.3, 0.4) is 0 Å². The van der Waals surface area contributed by atoms with E-state index < -0.39 is 0 Å². The zero-order chi connectivity index (χ0) is 14.8. The molecule has 1 atom stereocenters. The minimum absolute atomic E-state index is 0.0968. The summed E-state index contributed by atoms with van der Waals surface area (Å²) in [6.45, 7) is 2.44. The predicted octanol–water partition coefficient (Wildman–Crippen LogP) is 3.63. The summed E-state index contributed by atoms with van der Waals surface area (Å²) in [6.07, 6.45) is 4.78. The minimum Gasteiger partial charge on any atom is -0.486 e. The Morgan fingerprint density at radius 1 is 1.48 bits per heavy atom. The van der Waals surface area contributed by atoms with E-state index >= 15 is 0 Å². The van der Waals surface area contributed by atoms with Crippen LogP contribution in [-0.2, 0) is 13.0 Å². The van der Waals surface area contributed by atoms with Crippen molar-refractivity contribution in [3.63, 3.8) is 0 Å². The maximum absolute atomic E-state index is 5.98. The molecule has 0 spiro atoms. The molecule has 0 fully saturated rings. The lowest BCUT2D eigenvalue weighted by atomic mass is 10.1. The first kappa shape index (κ1) is 14.6. The van der Waals surface area contributed by atoms with Crippen molar-refractivity contribution in [3.05, 3.63) is 51.7 Å². The van der Waals surface area contributed by atoms with Crippen LogP contribution in [0, 0.1) is 0 Å². The zero-order valence-corrected chi connectivity index (χ0v) is 14.0. The van der Waals surface area contributed by atoms with Crippen molar-refractivity contribution < 1.29 is 4.74 Å². The monoisotopic (exact) mass is 365 g/mol. The number of imidazole rings is 1. The molecule has 0 saturated heterocycles. The number of benzene rings is 1. The number of fused-ring (bicyclic) bond motifs is 1. The second kappa shape index (κ2) is 6.17. The normalized spacial score (nSPS) is 12.7. The molecule has 0 aliphatic heterocycles. The van der Waals surface area contributed by atoms with Crippen LogP contribution in [0.25, 0.3) is 4.96 Å². The predicted molar refractivity (Wildman–Crippen MR) is 88.9 cm³/mol. The van der Waals surface area contributed by atoms with E-state index in [1.165, 1.54) is 0 Å². The number of halogens is 1. The molecule has 1 aromatic carbocycles. The number of nitrogens with zero attached hydrogens (tertiary/aromatic N) is 2. The van der Waals surface area contributed by atoms with Crippen LogP contribution in [-0.4, -0.2) is 15.4 Å². The van der Waals surface area contributed by atoms with Gasteiger partial charge in [-0.1, -0.05) is 12.1 Å². The second-order valence-electron chi connectivity index (χ2n) is 5.02. The van der Waals surface area contributed by atoms with E-state index in [-0.39, 0.29) is 6.04 Å². The molecule has 2 N–H and O–H groups in total. The number of aromatic nitrogens is 2. The zero-order valence-electron chi connectivity index (χ0n) is 11.6. The lowest BCUT2D eigenvalue weighted by Gasteiger charge is -2.14. The van der Waals surface area contributed by atoms with Crippen molar-refractivity contribution >= 4 is 32.2 Å². The molecule has 0 aliphatic rings. The Balaban J connectivity index is 1.79. The molecule has 0 aliphatic carbocycles. The SMILES string of the molecule is CC(N)Cc1cccc(Br)c1OCc1cn2ccsc2n1. The summed E-state index contributed by atoms with van der Waals surface area (Å²) >= 11 is 5.16. The van der Waals surface area contributed by atoms with E-state index in [1.54, 1.807) is 11.3 Å². The van der Waals surface area contributed by atoms with Crippen LogP contribution in [0.5, 0.6) is 5.75 Å². The Labute approximate surface area is 135 Å². The Bertz CT molecular complexity index is 722. The van der Waals surface area contributed by atoms with Gasteiger partial charge in [-0.15, -0.1) is 11.3 Å². The van der Waals surface area contributed by atoms with Crippen molar-refractivity contribution in [2.45, 2.75) is 26.0 Å². The van der Waals surface area contributed by atoms with Gasteiger partial charge in [0.15, 0.2) is 4.96 Å². The first-order chi connectivity index (χ1) is 10.1. The Kier molecular flexibility index (Phi) is 4.28. The van der Waals surface area contributed by atoms with E-state index in [9.17, 15) is 0 Å². The number of ether oxygens (including phenoxy) is 1. The number of para-hydroxylation sites is 1. The summed E-state index contributed by atoms with van der Waals surface area (Å²) in [6, 6.07) is 6.13. The van der Waals surface area contributed by atoms with Crippen LogP contribution < -0.4 is 10.5 Å². The fraction of sp³-hybridized carbons (Fsp3) is 0.267. The highest BCUT2D eigenvalue weighted by atomic mass is 79.9. The van der Waals surface area contributed by atoms with E-state index in [2.05, 4.69) is 27.0 Å². The van der Waals surface area contributed by atoms with Crippen LogP contribution in [0.2, 0.25) is 0 Å². The van der Waals surface area contributed by atoms with Gasteiger partial charge >= 0.3 is 0 Å². The third-order valence-electron chi connectivity index (χ3n) is 3.10. The summed E-state index contributed by atoms with van der Waals surface area (Å²) in [5.41, 5.74) is 7.93. The highest BCUT2D eigenvalue weighted by molar-refractivity contribution is 9.10. The van der Waals surface area contributed by atoms with Gasteiger partial charge < -0.3 is 10.5 Å². The smallest absolute Gasteiger partial charge is 0.193 e. The van der Waals surface area contributed by atoms with E-state index in [0.717, 1.165) is 32.9 Å². The molecule has 21 heavy (non-hydrogen) atoms. The second-order valence-corrected chi connectivity index (χ2v) is 6.75. The molecule has 3 aromatic rings. The summed E-state index contributed by atoms with van der Waals surface area (Å²) in [4.78, 5) is 5.51.